The minimum absolute atomic E-state index is 0.165. The molecule has 2 rings (SSSR count). The molecule has 20 heavy (non-hydrogen) atoms. The Kier molecular flexibility index (Phi) is 4.87. The number of aromatic nitrogens is 1. The summed E-state index contributed by atoms with van der Waals surface area (Å²) in [6.45, 7) is 1.84. The van der Waals surface area contributed by atoms with Gasteiger partial charge in [-0.3, -0.25) is 4.79 Å². The average Bonchev–Trinajstić information content (AvgIpc) is 2.43. The smallest absolute Gasteiger partial charge is 0.251 e. The molecule has 1 N–H and O–H groups in total. The summed E-state index contributed by atoms with van der Waals surface area (Å²) in [4.78, 5) is 11.9. The van der Waals surface area contributed by atoms with Crippen molar-refractivity contribution < 1.29 is 9.52 Å². The molecule has 6 heteroatoms. The van der Waals surface area contributed by atoms with Gasteiger partial charge in [0.05, 0.1) is 5.75 Å². The quantitative estimate of drug-likeness (QED) is 0.536. The number of carbonyl (C=O) groups excluding carboxylic acids is 1. The first kappa shape index (κ1) is 14.7. The summed E-state index contributed by atoms with van der Waals surface area (Å²) in [7, 11) is 0. The number of anilines is 1. The molecule has 0 saturated carbocycles. The monoisotopic (exact) mass is 308 g/mol. The van der Waals surface area contributed by atoms with Crippen LogP contribution in [0.2, 0.25) is 5.02 Å². The second-order valence-corrected chi connectivity index (χ2v) is 5.52. The van der Waals surface area contributed by atoms with Gasteiger partial charge in [-0.05, 0) is 42.4 Å². The lowest BCUT2D eigenvalue weighted by atomic mass is 10.2. The predicted molar refractivity (Wildman–Crippen MR) is 80.9 cm³/mol. The highest BCUT2D eigenvalue weighted by molar-refractivity contribution is 7.99. The van der Waals surface area contributed by atoms with E-state index in [2.05, 4.69) is 5.32 Å². The first-order valence-corrected chi connectivity index (χ1v) is 7.30. The van der Waals surface area contributed by atoms with E-state index in [4.69, 9.17) is 11.6 Å². The maximum Gasteiger partial charge on any atom is 0.251 e. The van der Waals surface area contributed by atoms with Gasteiger partial charge in [0.1, 0.15) is 0 Å². The molecule has 1 heterocycles. The van der Waals surface area contributed by atoms with Crippen LogP contribution in [0.5, 0.6) is 0 Å². The van der Waals surface area contributed by atoms with Crippen LogP contribution in [0.1, 0.15) is 5.56 Å². The largest absolute Gasteiger partial charge is 0.618 e. The summed E-state index contributed by atoms with van der Waals surface area (Å²) in [5.74, 6) is -0.0118. The Hall–Kier alpha value is -1.72. The lowest BCUT2D eigenvalue weighted by Gasteiger charge is -2.09. The van der Waals surface area contributed by atoms with Gasteiger partial charge in [0.25, 0.3) is 5.03 Å². The molecule has 1 aromatic heterocycles. The number of amides is 1. The van der Waals surface area contributed by atoms with Crippen LogP contribution in [0.15, 0.2) is 47.6 Å². The molecule has 0 radical (unpaired) electrons. The van der Waals surface area contributed by atoms with Crippen molar-refractivity contribution in [1.82, 2.24) is 0 Å². The zero-order chi connectivity index (χ0) is 14.5. The molecule has 0 aliphatic carbocycles. The third-order valence-corrected chi connectivity index (χ3v) is 4.11. The Labute approximate surface area is 126 Å². The summed E-state index contributed by atoms with van der Waals surface area (Å²) in [5.41, 5.74) is 1.51. The molecular weight excluding hydrogens is 296 g/mol. The molecule has 0 bridgehead atoms. The Balaban J connectivity index is 1.96. The van der Waals surface area contributed by atoms with Crippen molar-refractivity contribution >= 4 is 35.0 Å². The molecule has 0 saturated heterocycles. The van der Waals surface area contributed by atoms with Gasteiger partial charge in [-0.15, -0.1) is 0 Å². The van der Waals surface area contributed by atoms with Crippen molar-refractivity contribution in [2.45, 2.75) is 11.9 Å². The van der Waals surface area contributed by atoms with Crippen molar-refractivity contribution in [2.75, 3.05) is 11.1 Å². The molecule has 2 aromatic rings. The van der Waals surface area contributed by atoms with Crippen molar-refractivity contribution in [3.63, 3.8) is 0 Å². The van der Waals surface area contributed by atoms with Crippen LogP contribution in [-0.2, 0) is 4.79 Å². The number of halogens is 1. The molecular formula is C14H13ClN2O2S. The zero-order valence-electron chi connectivity index (χ0n) is 10.8. The number of thioether (sulfide) groups is 1. The third kappa shape index (κ3) is 3.65. The van der Waals surface area contributed by atoms with Gasteiger partial charge in [-0.1, -0.05) is 17.7 Å². The van der Waals surface area contributed by atoms with Crippen molar-refractivity contribution in [3.8, 4) is 0 Å². The highest BCUT2D eigenvalue weighted by Crippen LogP contribution is 2.23. The molecule has 104 valence electrons. The number of rotatable bonds is 4. The van der Waals surface area contributed by atoms with E-state index in [9.17, 15) is 10.0 Å². The summed E-state index contributed by atoms with van der Waals surface area (Å²) >= 11 is 7.18. The minimum Gasteiger partial charge on any atom is -0.618 e. The molecule has 0 aliphatic rings. The van der Waals surface area contributed by atoms with Crippen LogP contribution in [0, 0.1) is 12.1 Å². The van der Waals surface area contributed by atoms with Crippen LogP contribution in [0.3, 0.4) is 0 Å². The Morgan fingerprint density at radius 1 is 1.35 bits per heavy atom. The number of nitrogens with one attached hydrogen (secondary N) is 1. The van der Waals surface area contributed by atoms with Gasteiger partial charge in [0.15, 0.2) is 6.20 Å². The molecule has 0 unspecified atom stereocenters. The van der Waals surface area contributed by atoms with Gasteiger partial charge in [-0.2, -0.15) is 4.73 Å². The van der Waals surface area contributed by atoms with Crippen LogP contribution in [0.4, 0.5) is 5.69 Å². The van der Waals surface area contributed by atoms with E-state index in [0.717, 1.165) is 10.3 Å². The summed E-state index contributed by atoms with van der Waals surface area (Å²) in [6.07, 6.45) is 1.40. The standard InChI is InChI=1S/C14H13ClN2O2S/c1-10-11(15)5-4-6-12(10)16-13(18)9-20-14-7-2-3-8-17(14)19/h2-8H,9H2,1H3,(H,16,18). The molecule has 1 aromatic carbocycles. The van der Waals surface area contributed by atoms with Gasteiger partial charge >= 0.3 is 0 Å². The van der Waals surface area contributed by atoms with E-state index in [0.29, 0.717) is 15.7 Å². The van der Waals surface area contributed by atoms with Crippen LogP contribution in [0.25, 0.3) is 0 Å². The summed E-state index contributed by atoms with van der Waals surface area (Å²) < 4.78 is 0.739. The Morgan fingerprint density at radius 3 is 2.90 bits per heavy atom. The Bertz CT molecular complexity index is 634. The van der Waals surface area contributed by atoms with Gasteiger partial charge in [0, 0.05) is 22.8 Å². The number of pyridine rings is 1. The normalized spacial score (nSPS) is 10.3. The summed E-state index contributed by atoms with van der Waals surface area (Å²) in [5, 5.41) is 15.3. The first-order valence-electron chi connectivity index (χ1n) is 5.94. The molecule has 1 amide bonds. The first-order chi connectivity index (χ1) is 9.58. The highest BCUT2D eigenvalue weighted by atomic mass is 35.5. The molecule has 0 spiro atoms. The van der Waals surface area contributed by atoms with Crippen molar-refractivity contribution in [2.24, 2.45) is 0 Å². The van der Waals surface area contributed by atoms with Crippen LogP contribution < -0.4 is 10.0 Å². The number of benzene rings is 1. The maximum absolute atomic E-state index is 11.9. The number of nitrogens with zero attached hydrogens (tertiary/aromatic N) is 1. The predicted octanol–water partition coefficient (Wildman–Crippen LogP) is 3.01. The lowest BCUT2D eigenvalue weighted by molar-refractivity contribution is -0.645. The number of carbonyl (C=O) groups is 1. The van der Waals surface area contributed by atoms with Crippen LogP contribution >= 0.6 is 23.4 Å². The fourth-order valence-electron chi connectivity index (χ4n) is 1.59. The van der Waals surface area contributed by atoms with Gasteiger partial charge < -0.3 is 10.5 Å². The number of hydrogen-bond acceptors (Lipinski definition) is 3. The van der Waals surface area contributed by atoms with Gasteiger partial charge in [0.2, 0.25) is 5.91 Å². The van der Waals surface area contributed by atoms with E-state index in [1.807, 2.05) is 6.92 Å². The minimum atomic E-state index is -0.177. The van der Waals surface area contributed by atoms with E-state index in [1.165, 1.54) is 18.0 Å². The average molecular weight is 309 g/mol. The van der Waals surface area contributed by atoms with E-state index in [-0.39, 0.29) is 11.7 Å². The third-order valence-electron chi connectivity index (χ3n) is 2.68. The SMILES string of the molecule is Cc1c(Cl)cccc1NC(=O)CSc1cccc[n+]1[O-]. The molecule has 0 aliphatic heterocycles. The Morgan fingerprint density at radius 2 is 2.15 bits per heavy atom. The maximum atomic E-state index is 11.9. The fraction of sp³-hybridized carbons (Fsp3) is 0.143. The van der Waals surface area contributed by atoms with E-state index in [1.54, 1.807) is 36.4 Å². The van der Waals surface area contributed by atoms with Crippen molar-refractivity contribution in [1.29, 1.82) is 0 Å². The zero-order valence-corrected chi connectivity index (χ0v) is 12.4. The van der Waals surface area contributed by atoms with E-state index < -0.39 is 0 Å². The van der Waals surface area contributed by atoms with Crippen molar-refractivity contribution in [3.05, 3.63) is 58.4 Å². The highest BCUT2D eigenvalue weighted by Gasteiger charge is 2.10. The van der Waals surface area contributed by atoms with Crippen LogP contribution in [-0.4, -0.2) is 11.7 Å². The number of hydrogen-bond donors (Lipinski definition) is 1. The van der Waals surface area contributed by atoms with Gasteiger partial charge in [-0.25, -0.2) is 0 Å². The molecule has 4 nitrogen and oxygen atoms in total. The summed E-state index contributed by atoms with van der Waals surface area (Å²) in [6, 6.07) is 10.4. The topological polar surface area (TPSA) is 56.0 Å². The second-order valence-electron chi connectivity index (χ2n) is 4.11. The molecule has 0 fully saturated rings. The second kappa shape index (κ2) is 6.63. The fourth-order valence-corrected chi connectivity index (χ4v) is 2.48. The lowest BCUT2D eigenvalue weighted by Crippen LogP contribution is -2.28. The van der Waals surface area contributed by atoms with E-state index >= 15 is 0 Å². The molecule has 0 atom stereocenters.